The second kappa shape index (κ2) is 13.0. The molecule has 0 spiro atoms. The Morgan fingerprint density at radius 2 is 1.63 bits per heavy atom. The van der Waals surface area contributed by atoms with Gasteiger partial charge in [-0.05, 0) is 56.9 Å². The minimum Gasteiger partial charge on any atom is -0.491 e. The smallest absolute Gasteiger partial charge is 0.260 e. The zero-order chi connectivity index (χ0) is 28.8. The Labute approximate surface area is 245 Å². The number of aromatic nitrogens is 1. The SMILES string of the molecule is CCN1CCCCN(C(=O)c2c(-c3ccccc3Cl)noc2C)[C@@H](Cc2ccccc2)COc2ccccc2C1=O. The number of hydrogen-bond donors (Lipinski definition) is 0. The van der Waals surface area contributed by atoms with Crippen molar-refractivity contribution in [2.24, 2.45) is 0 Å². The lowest BCUT2D eigenvalue weighted by atomic mass is 10.0. The normalized spacial score (nSPS) is 16.4. The molecular formula is C33H34ClN3O4. The van der Waals surface area contributed by atoms with Crippen LogP contribution in [0, 0.1) is 6.92 Å². The number of halogens is 1. The molecule has 0 unspecified atom stereocenters. The molecule has 212 valence electrons. The molecule has 2 amide bonds. The van der Waals surface area contributed by atoms with Crippen LogP contribution in [0.1, 0.15) is 51.8 Å². The van der Waals surface area contributed by atoms with Gasteiger partial charge in [-0.15, -0.1) is 0 Å². The first-order valence-electron chi connectivity index (χ1n) is 14.0. The maximum absolute atomic E-state index is 14.5. The van der Waals surface area contributed by atoms with Crippen LogP contribution >= 0.6 is 11.6 Å². The third-order valence-corrected chi connectivity index (χ3v) is 7.85. The highest BCUT2D eigenvalue weighted by molar-refractivity contribution is 6.33. The molecular weight excluding hydrogens is 538 g/mol. The Kier molecular flexibility index (Phi) is 9.04. The van der Waals surface area contributed by atoms with Gasteiger partial charge in [0.15, 0.2) is 0 Å². The van der Waals surface area contributed by atoms with Gasteiger partial charge in [0.2, 0.25) is 0 Å². The fourth-order valence-corrected chi connectivity index (χ4v) is 5.54. The number of benzene rings is 3. The molecule has 41 heavy (non-hydrogen) atoms. The number of ether oxygens (including phenoxy) is 1. The number of carbonyl (C=O) groups is 2. The summed E-state index contributed by atoms with van der Waals surface area (Å²) in [7, 11) is 0. The first-order chi connectivity index (χ1) is 20.0. The average Bonchev–Trinajstić information content (AvgIpc) is 3.38. The third kappa shape index (κ3) is 6.30. The van der Waals surface area contributed by atoms with Gasteiger partial charge in [-0.2, -0.15) is 0 Å². The van der Waals surface area contributed by atoms with E-state index in [2.05, 4.69) is 17.3 Å². The van der Waals surface area contributed by atoms with E-state index in [-0.39, 0.29) is 24.5 Å². The van der Waals surface area contributed by atoms with Crippen molar-refractivity contribution in [3.05, 3.63) is 106 Å². The van der Waals surface area contributed by atoms with Crippen LogP contribution in [0.3, 0.4) is 0 Å². The minimum atomic E-state index is -0.317. The van der Waals surface area contributed by atoms with E-state index < -0.39 is 0 Å². The lowest BCUT2D eigenvalue weighted by Crippen LogP contribution is -2.46. The van der Waals surface area contributed by atoms with Crippen LogP contribution in [0.15, 0.2) is 83.4 Å². The largest absolute Gasteiger partial charge is 0.491 e. The van der Waals surface area contributed by atoms with Gasteiger partial charge >= 0.3 is 0 Å². The van der Waals surface area contributed by atoms with E-state index in [1.165, 1.54) is 0 Å². The maximum atomic E-state index is 14.5. The summed E-state index contributed by atoms with van der Waals surface area (Å²) < 4.78 is 11.9. The monoisotopic (exact) mass is 571 g/mol. The van der Waals surface area contributed by atoms with E-state index in [0.717, 1.165) is 12.0 Å². The van der Waals surface area contributed by atoms with Crippen LogP contribution < -0.4 is 4.74 Å². The summed E-state index contributed by atoms with van der Waals surface area (Å²) in [6, 6.07) is 24.4. The van der Waals surface area contributed by atoms with Gasteiger partial charge in [0.05, 0.1) is 16.6 Å². The van der Waals surface area contributed by atoms with E-state index >= 15 is 0 Å². The number of amides is 2. The number of para-hydroxylation sites is 1. The molecule has 1 atom stereocenters. The van der Waals surface area contributed by atoms with Gasteiger partial charge in [-0.1, -0.05) is 77.4 Å². The van der Waals surface area contributed by atoms with Crippen molar-refractivity contribution in [1.29, 1.82) is 0 Å². The minimum absolute atomic E-state index is 0.0410. The van der Waals surface area contributed by atoms with Crippen LogP contribution in [-0.2, 0) is 6.42 Å². The van der Waals surface area contributed by atoms with Crippen LogP contribution in [0.25, 0.3) is 11.3 Å². The van der Waals surface area contributed by atoms with Crippen LogP contribution in [0.4, 0.5) is 0 Å². The zero-order valence-corrected chi connectivity index (χ0v) is 24.1. The number of nitrogens with zero attached hydrogens (tertiary/aromatic N) is 3. The van der Waals surface area contributed by atoms with Gasteiger partial charge in [-0.25, -0.2) is 0 Å². The second-order valence-corrected chi connectivity index (χ2v) is 10.6. The molecule has 4 aromatic rings. The van der Waals surface area contributed by atoms with Gasteiger partial charge in [0, 0.05) is 25.2 Å². The second-order valence-electron chi connectivity index (χ2n) is 10.2. The molecule has 0 saturated carbocycles. The molecule has 0 saturated heterocycles. The topological polar surface area (TPSA) is 75.9 Å². The molecule has 0 bridgehead atoms. The highest BCUT2D eigenvalue weighted by atomic mass is 35.5. The maximum Gasteiger partial charge on any atom is 0.260 e. The van der Waals surface area contributed by atoms with E-state index in [0.29, 0.717) is 71.4 Å². The molecule has 5 rings (SSSR count). The Balaban J connectivity index is 1.56. The van der Waals surface area contributed by atoms with Crippen molar-refractivity contribution in [2.45, 2.75) is 39.2 Å². The molecule has 8 heteroatoms. The number of rotatable bonds is 5. The molecule has 1 aromatic heterocycles. The quantitative estimate of drug-likeness (QED) is 0.267. The molecule has 0 radical (unpaired) electrons. The lowest BCUT2D eigenvalue weighted by molar-refractivity contribution is 0.0585. The van der Waals surface area contributed by atoms with E-state index in [1.54, 1.807) is 19.1 Å². The van der Waals surface area contributed by atoms with E-state index in [4.69, 9.17) is 20.9 Å². The molecule has 3 aromatic carbocycles. The Morgan fingerprint density at radius 1 is 0.951 bits per heavy atom. The average molecular weight is 572 g/mol. The van der Waals surface area contributed by atoms with Crippen LogP contribution in [-0.4, -0.2) is 59.1 Å². The molecule has 7 nitrogen and oxygen atoms in total. The van der Waals surface area contributed by atoms with Crippen LogP contribution in [0.5, 0.6) is 5.75 Å². The first-order valence-corrected chi connectivity index (χ1v) is 14.4. The molecule has 0 aliphatic carbocycles. The van der Waals surface area contributed by atoms with Crippen molar-refractivity contribution >= 4 is 23.4 Å². The van der Waals surface area contributed by atoms with Crippen molar-refractivity contribution in [3.63, 3.8) is 0 Å². The van der Waals surface area contributed by atoms with Crippen molar-refractivity contribution in [3.8, 4) is 17.0 Å². The molecule has 0 N–H and O–H groups in total. The third-order valence-electron chi connectivity index (χ3n) is 7.52. The standard InChI is InChI=1S/C33H34ClN3O4/c1-3-36-19-11-12-20-37(33(39)30-23(2)41-35-31(30)26-15-7-9-17-28(26)34)25(21-24-13-5-4-6-14-24)22-40-29-18-10-8-16-27(29)32(36)38/h4-10,13-18,25H,3,11-12,19-22H2,1-2H3/t25-/m0/s1. The van der Waals surface area contributed by atoms with Crippen molar-refractivity contribution < 1.29 is 18.8 Å². The summed E-state index contributed by atoms with van der Waals surface area (Å²) in [6.45, 7) is 5.60. The molecule has 0 fully saturated rings. The fourth-order valence-electron chi connectivity index (χ4n) is 5.31. The highest BCUT2D eigenvalue weighted by Gasteiger charge is 2.32. The number of fused-ring (bicyclic) bond motifs is 1. The summed E-state index contributed by atoms with van der Waals surface area (Å²) in [5, 5.41) is 4.75. The predicted octanol–water partition coefficient (Wildman–Crippen LogP) is 6.69. The summed E-state index contributed by atoms with van der Waals surface area (Å²) >= 11 is 6.52. The van der Waals surface area contributed by atoms with E-state index in [1.807, 2.05) is 71.3 Å². The van der Waals surface area contributed by atoms with Gasteiger partial charge in [0.1, 0.15) is 29.4 Å². The van der Waals surface area contributed by atoms with Gasteiger partial charge in [-0.3, -0.25) is 9.59 Å². The Bertz CT molecular complexity index is 1500. The molecule has 1 aliphatic heterocycles. The summed E-state index contributed by atoms with van der Waals surface area (Å²) in [5.41, 5.74) is 3.08. The van der Waals surface area contributed by atoms with Crippen molar-refractivity contribution in [2.75, 3.05) is 26.2 Å². The lowest BCUT2D eigenvalue weighted by Gasteiger charge is -2.33. The Hall–Kier alpha value is -4.10. The highest BCUT2D eigenvalue weighted by Crippen LogP contribution is 2.33. The summed E-state index contributed by atoms with van der Waals surface area (Å²) in [5.74, 6) is 0.723. The van der Waals surface area contributed by atoms with E-state index in [9.17, 15) is 9.59 Å². The molecule has 2 heterocycles. The zero-order valence-electron chi connectivity index (χ0n) is 23.4. The van der Waals surface area contributed by atoms with Crippen LogP contribution in [0.2, 0.25) is 5.02 Å². The van der Waals surface area contributed by atoms with Gasteiger partial charge < -0.3 is 19.1 Å². The number of aryl methyl sites for hydroxylation is 1. The number of hydrogen-bond acceptors (Lipinski definition) is 5. The summed E-state index contributed by atoms with van der Waals surface area (Å²) in [6.07, 6.45) is 2.05. The predicted molar refractivity (Wildman–Crippen MR) is 159 cm³/mol. The molecule has 1 aliphatic rings. The number of carbonyl (C=O) groups excluding carboxylic acids is 2. The summed E-state index contributed by atoms with van der Waals surface area (Å²) in [4.78, 5) is 31.6. The fraction of sp³-hybridized carbons (Fsp3) is 0.303. The first kappa shape index (κ1) is 28.4. The Morgan fingerprint density at radius 3 is 2.39 bits per heavy atom. The van der Waals surface area contributed by atoms with Gasteiger partial charge in [0.25, 0.3) is 11.8 Å². The van der Waals surface area contributed by atoms with Crippen molar-refractivity contribution in [1.82, 2.24) is 15.0 Å².